The van der Waals surface area contributed by atoms with Crippen molar-refractivity contribution in [1.29, 1.82) is 0 Å². The van der Waals surface area contributed by atoms with Crippen molar-refractivity contribution >= 4 is 52.2 Å². The first kappa shape index (κ1) is 32.3. The number of nitrogens with zero attached hydrogens (tertiary/aromatic N) is 2. The second-order valence-electron chi connectivity index (χ2n) is 14.7. The van der Waals surface area contributed by atoms with Crippen LogP contribution in [0.15, 0.2) is 152 Å². The first-order valence-corrected chi connectivity index (χ1v) is 19.4. The van der Waals surface area contributed by atoms with E-state index in [1.54, 1.807) is 16.8 Å². The summed E-state index contributed by atoms with van der Waals surface area (Å²) in [5, 5.41) is 2.57. The molecule has 0 aliphatic heterocycles. The Bertz CT molecular complexity index is 2660. The Morgan fingerprint density at radius 1 is 0.407 bits per heavy atom. The topological polar surface area (TPSA) is 9.86 Å². The molecule has 2 aliphatic carbocycles. The summed E-state index contributed by atoms with van der Waals surface area (Å²) >= 11 is 0. The van der Waals surface area contributed by atoms with Crippen LogP contribution in [0.3, 0.4) is 0 Å². The van der Waals surface area contributed by atoms with Crippen molar-refractivity contribution in [2.75, 3.05) is 0 Å². The number of allylic oxidation sites excluding steroid dienone is 1. The third kappa shape index (κ3) is 5.94. The van der Waals surface area contributed by atoms with Gasteiger partial charge in [-0.1, -0.05) is 140 Å². The first-order chi connectivity index (χ1) is 26.8. The highest BCUT2D eigenvalue weighted by molar-refractivity contribution is 6.09. The number of hydrogen-bond donors (Lipinski definition) is 0. The molecule has 260 valence electrons. The summed E-state index contributed by atoms with van der Waals surface area (Å²) in [6.07, 6.45) is 20.9. The summed E-state index contributed by atoms with van der Waals surface area (Å²) in [5.74, 6) is 0. The lowest BCUT2D eigenvalue weighted by atomic mass is 9.91. The molecule has 0 saturated carbocycles. The first-order valence-electron chi connectivity index (χ1n) is 19.4. The second kappa shape index (κ2) is 13.9. The molecule has 2 nitrogen and oxygen atoms in total. The average molecular weight is 695 g/mol. The molecule has 10 rings (SSSR count). The van der Waals surface area contributed by atoms with E-state index in [1.807, 2.05) is 0 Å². The summed E-state index contributed by atoms with van der Waals surface area (Å²) < 4.78 is 4.90. The van der Waals surface area contributed by atoms with Gasteiger partial charge in [-0.25, -0.2) is 0 Å². The lowest BCUT2D eigenvalue weighted by Gasteiger charge is -2.17. The lowest BCUT2D eigenvalue weighted by molar-refractivity contribution is 0.660. The molecule has 0 bridgehead atoms. The molecule has 0 N–H and O–H groups in total. The third-order valence-corrected chi connectivity index (χ3v) is 11.4. The number of hydrogen-bond acceptors (Lipinski definition) is 0. The van der Waals surface area contributed by atoms with Gasteiger partial charge in [-0.2, -0.15) is 0 Å². The van der Waals surface area contributed by atoms with E-state index in [4.69, 9.17) is 0 Å². The van der Waals surface area contributed by atoms with Crippen molar-refractivity contribution in [2.45, 2.75) is 38.5 Å². The molecule has 6 aromatic carbocycles. The van der Waals surface area contributed by atoms with E-state index < -0.39 is 0 Å². The average Bonchev–Trinajstić information content (AvgIpc) is 3.76. The van der Waals surface area contributed by atoms with Crippen LogP contribution in [0.4, 0.5) is 0 Å². The number of aromatic nitrogens is 2. The van der Waals surface area contributed by atoms with E-state index in [0.717, 1.165) is 0 Å². The van der Waals surface area contributed by atoms with Crippen LogP contribution in [-0.4, -0.2) is 9.13 Å². The Labute approximate surface area is 317 Å². The minimum atomic E-state index is 1.17. The molecule has 0 saturated heterocycles. The molecular formula is C52H42N2. The van der Waals surface area contributed by atoms with Gasteiger partial charge in [0.1, 0.15) is 0 Å². The normalized spacial score (nSPS) is 14.0. The van der Waals surface area contributed by atoms with Crippen LogP contribution in [0.5, 0.6) is 0 Å². The van der Waals surface area contributed by atoms with Crippen molar-refractivity contribution in [2.24, 2.45) is 0 Å². The van der Waals surface area contributed by atoms with Gasteiger partial charge in [0.05, 0.1) is 11.0 Å². The minimum absolute atomic E-state index is 1.17. The fourth-order valence-electron chi connectivity index (χ4n) is 8.70. The summed E-state index contributed by atoms with van der Waals surface area (Å²) in [6, 6.07) is 52.9. The Hall–Kier alpha value is -6.38. The molecule has 0 amide bonds. The molecule has 0 fully saturated rings. The molecule has 2 aliphatic rings. The van der Waals surface area contributed by atoms with Gasteiger partial charge < -0.3 is 9.13 Å². The zero-order valence-corrected chi connectivity index (χ0v) is 30.5. The smallest absolute Gasteiger partial charge is 0.0541 e. The molecule has 0 radical (unpaired) electrons. The molecule has 2 heteroatoms. The van der Waals surface area contributed by atoms with Gasteiger partial charge in [0.2, 0.25) is 0 Å². The van der Waals surface area contributed by atoms with Crippen molar-refractivity contribution in [3.8, 4) is 22.5 Å². The van der Waals surface area contributed by atoms with Crippen LogP contribution in [0, 0.1) is 0 Å². The van der Waals surface area contributed by atoms with Crippen molar-refractivity contribution in [3.63, 3.8) is 0 Å². The van der Waals surface area contributed by atoms with E-state index in [9.17, 15) is 0 Å². The quantitative estimate of drug-likeness (QED) is 0.147. The Morgan fingerprint density at radius 3 is 1.41 bits per heavy atom. The number of benzene rings is 6. The van der Waals surface area contributed by atoms with Crippen molar-refractivity contribution < 1.29 is 0 Å². The van der Waals surface area contributed by atoms with E-state index >= 15 is 0 Å². The van der Waals surface area contributed by atoms with Crippen LogP contribution in [0.1, 0.15) is 64.0 Å². The SMILES string of the molecule is C1=Cc2c(c3c(n2-c2ccc(/C=C/c4ccc(-c5ccc(/C=C/c6ccc(-n7c8ccccc8c8ccccc87)cc6)cc5)cc4)cc2)CCCC3)CC1. The number of para-hydroxylation sites is 2. The fraction of sp³-hybridized carbons (Fsp3) is 0.115. The molecule has 0 unspecified atom stereocenters. The van der Waals surface area contributed by atoms with Gasteiger partial charge in [-0.3, -0.25) is 0 Å². The maximum atomic E-state index is 2.54. The van der Waals surface area contributed by atoms with E-state index in [-0.39, 0.29) is 0 Å². The molecule has 0 atom stereocenters. The molecule has 8 aromatic rings. The predicted octanol–water partition coefficient (Wildman–Crippen LogP) is 13.4. The summed E-state index contributed by atoms with van der Waals surface area (Å²) in [6.45, 7) is 0. The molecule has 54 heavy (non-hydrogen) atoms. The van der Waals surface area contributed by atoms with Crippen LogP contribution >= 0.6 is 0 Å². The maximum Gasteiger partial charge on any atom is 0.0541 e. The zero-order chi connectivity index (χ0) is 35.8. The highest BCUT2D eigenvalue weighted by atomic mass is 15.0. The van der Waals surface area contributed by atoms with Gasteiger partial charge in [0.15, 0.2) is 0 Å². The van der Waals surface area contributed by atoms with Gasteiger partial charge in [-0.15, -0.1) is 0 Å². The lowest BCUT2D eigenvalue weighted by Crippen LogP contribution is -2.07. The van der Waals surface area contributed by atoms with E-state index in [1.165, 1.54) is 111 Å². The van der Waals surface area contributed by atoms with Crippen LogP contribution in [-0.2, 0) is 19.3 Å². The van der Waals surface area contributed by atoms with Crippen LogP contribution in [0.25, 0.3) is 74.7 Å². The Kier molecular flexibility index (Phi) is 8.30. The van der Waals surface area contributed by atoms with Gasteiger partial charge in [-0.05, 0) is 126 Å². The largest absolute Gasteiger partial charge is 0.314 e. The molecule has 0 spiro atoms. The Morgan fingerprint density at radius 2 is 0.870 bits per heavy atom. The molecule has 2 heterocycles. The highest BCUT2D eigenvalue weighted by Crippen LogP contribution is 2.36. The van der Waals surface area contributed by atoms with E-state index in [2.05, 4.69) is 191 Å². The second-order valence-corrected chi connectivity index (χ2v) is 14.7. The standard InChI is InChI=1S/C52H42N2/c1-5-13-49-45(9-1)46-10-2-6-14-50(46)53(49)43-33-25-39(26-34-43)19-17-37-21-29-41(30-22-37)42-31-23-38(24-32-42)18-20-40-27-35-44(36-28-40)54-51-15-7-3-11-47(51)48-12-4-8-16-52(48)54/h1-2,5-7,9-10,13-15,17-36H,3-4,8,11-12,16H2/b19-17+,20-18+. The van der Waals surface area contributed by atoms with Gasteiger partial charge >= 0.3 is 0 Å². The highest BCUT2D eigenvalue weighted by Gasteiger charge is 2.25. The summed E-state index contributed by atoms with van der Waals surface area (Å²) in [5.41, 5.74) is 18.3. The predicted molar refractivity (Wildman–Crippen MR) is 230 cm³/mol. The fourth-order valence-corrected chi connectivity index (χ4v) is 8.70. The van der Waals surface area contributed by atoms with Gasteiger partial charge in [0.25, 0.3) is 0 Å². The van der Waals surface area contributed by atoms with Crippen molar-refractivity contribution in [1.82, 2.24) is 9.13 Å². The monoisotopic (exact) mass is 694 g/mol. The number of fused-ring (bicyclic) bond motifs is 6. The summed E-state index contributed by atoms with van der Waals surface area (Å²) in [7, 11) is 0. The van der Waals surface area contributed by atoms with Crippen molar-refractivity contribution in [3.05, 3.63) is 196 Å². The maximum absolute atomic E-state index is 2.54. The Balaban J connectivity index is 0.800. The molecular weight excluding hydrogens is 653 g/mol. The van der Waals surface area contributed by atoms with Crippen LogP contribution < -0.4 is 0 Å². The van der Waals surface area contributed by atoms with E-state index in [0.29, 0.717) is 0 Å². The molecule has 2 aromatic heterocycles. The third-order valence-electron chi connectivity index (χ3n) is 11.4. The summed E-state index contributed by atoms with van der Waals surface area (Å²) in [4.78, 5) is 0. The van der Waals surface area contributed by atoms with Gasteiger partial charge in [0, 0.05) is 33.5 Å². The van der Waals surface area contributed by atoms with Crippen LogP contribution in [0.2, 0.25) is 0 Å². The zero-order valence-electron chi connectivity index (χ0n) is 30.5. The minimum Gasteiger partial charge on any atom is -0.314 e. The number of rotatable bonds is 7.